The molecule has 0 radical (unpaired) electrons. The molecule has 0 saturated carbocycles. The van der Waals surface area contributed by atoms with E-state index in [2.05, 4.69) is 28.2 Å². The number of hydrogen-bond donors (Lipinski definition) is 1. The van der Waals surface area contributed by atoms with Gasteiger partial charge >= 0.3 is 0 Å². The van der Waals surface area contributed by atoms with E-state index in [0.29, 0.717) is 10.8 Å². The molecule has 5 heteroatoms. The van der Waals surface area contributed by atoms with Gasteiger partial charge in [0.15, 0.2) is 5.82 Å². The molecule has 1 aromatic heterocycles. The first kappa shape index (κ1) is 14.8. The molecule has 1 aromatic carbocycles. The first-order chi connectivity index (χ1) is 10.2. The van der Waals surface area contributed by atoms with E-state index in [1.54, 1.807) is 0 Å². The third-order valence-electron chi connectivity index (χ3n) is 3.70. The van der Waals surface area contributed by atoms with Gasteiger partial charge in [-0.15, -0.1) is 0 Å². The van der Waals surface area contributed by atoms with Crippen molar-refractivity contribution < 1.29 is 0 Å². The molecule has 1 aliphatic rings. The van der Waals surface area contributed by atoms with E-state index in [0.717, 1.165) is 35.2 Å². The summed E-state index contributed by atoms with van der Waals surface area (Å²) in [6, 6.07) is 5.82. The van der Waals surface area contributed by atoms with E-state index in [9.17, 15) is 0 Å². The minimum absolute atomic E-state index is 0.669. The van der Waals surface area contributed by atoms with Gasteiger partial charge in [-0.25, -0.2) is 9.97 Å². The lowest BCUT2D eigenvalue weighted by atomic mass is 9.96. The topological polar surface area (TPSA) is 37.8 Å². The maximum atomic E-state index is 6.35. The fourth-order valence-corrected chi connectivity index (χ4v) is 3.46. The molecular weight excluding hydrogens is 350 g/mol. The van der Waals surface area contributed by atoms with E-state index in [-0.39, 0.29) is 0 Å². The second-order valence-corrected chi connectivity index (χ2v) is 6.51. The van der Waals surface area contributed by atoms with Crippen LogP contribution in [-0.4, -0.2) is 16.5 Å². The lowest BCUT2D eigenvalue weighted by Crippen LogP contribution is -2.13. The van der Waals surface area contributed by atoms with Crippen molar-refractivity contribution in [1.29, 1.82) is 0 Å². The van der Waals surface area contributed by atoms with Gasteiger partial charge in [-0.3, -0.25) is 0 Å². The Balaban J connectivity index is 2.12. The Kier molecular flexibility index (Phi) is 4.45. The second-order valence-electron chi connectivity index (χ2n) is 5.18. The second kappa shape index (κ2) is 6.32. The molecule has 3 rings (SSSR count). The van der Waals surface area contributed by atoms with Crippen molar-refractivity contribution in [2.24, 2.45) is 0 Å². The number of halogens is 2. The van der Waals surface area contributed by atoms with E-state index in [1.807, 2.05) is 18.2 Å². The minimum Gasteiger partial charge on any atom is -0.370 e. The predicted octanol–water partition coefficient (Wildman–Crippen LogP) is 4.87. The van der Waals surface area contributed by atoms with Gasteiger partial charge < -0.3 is 5.32 Å². The van der Waals surface area contributed by atoms with Gasteiger partial charge in [-0.05, 0) is 50.8 Å². The van der Waals surface area contributed by atoms with Crippen molar-refractivity contribution in [3.63, 3.8) is 0 Å². The van der Waals surface area contributed by atoms with Crippen molar-refractivity contribution >= 4 is 33.3 Å². The van der Waals surface area contributed by atoms with Crippen LogP contribution in [0.4, 0.5) is 5.82 Å². The average molecular weight is 367 g/mol. The van der Waals surface area contributed by atoms with Gasteiger partial charge in [0, 0.05) is 27.8 Å². The Bertz CT molecular complexity index is 673. The van der Waals surface area contributed by atoms with Crippen molar-refractivity contribution in [2.75, 3.05) is 11.9 Å². The molecule has 3 nitrogen and oxygen atoms in total. The van der Waals surface area contributed by atoms with Crippen LogP contribution in [0.3, 0.4) is 0 Å². The van der Waals surface area contributed by atoms with Crippen LogP contribution >= 0.6 is 27.5 Å². The molecule has 0 spiro atoms. The molecule has 0 aliphatic heterocycles. The number of nitrogens with one attached hydrogen (secondary N) is 1. The fourth-order valence-electron chi connectivity index (χ4n) is 2.70. The first-order valence-electron chi connectivity index (χ1n) is 7.28. The molecule has 0 fully saturated rings. The summed E-state index contributed by atoms with van der Waals surface area (Å²) in [7, 11) is 0. The molecule has 0 bridgehead atoms. The minimum atomic E-state index is 0.669. The summed E-state index contributed by atoms with van der Waals surface area (Å²) in [6.07, 6.45) is 4.50. The predicted molar refractivity (Wildman–Crippen MR) is 91.0 cm³/mol. The summed E-state index contributed by atoms with van der Waals surface area (Å²) in [5.41, 5.74) is 3.33. The number of rotatable bonds is 3. The van der Waals surface area contributed by atoms with Crippen LogP contribution in [0.5, 0.6) is 0 Å². The highest BCUT2D eigenvalue weighted by Gasteiger charge is 2.19. The van der Waals surface area contributed by atoms with Gasteiger partial charge in [-0.2, -0.15) is 0 Å². The summed E-state index contributed by atoms with van der Waals surface area (Å²) in [5, 5.41) is 4.04. The number of nitrogens with zero attached hydrogens (tertiary/aromatic N) is 2. The smallest absolute Gasteiger partial charge is 0.163 e. The van der Waals surface area contributed by atoms with Crippen molar-refractivity contribution in [3.8, 4) is 11.4 Å². The molecule has 110 valence electrons. The highest BCUT2D eigenvalue weighted by molar-refractivity contribution is 9.10. The molecule has 2 aromatic rings. The third kappa shape index (κ3) is 3.06. The quantitative estimate of drug-likeness (QED) is 0.842. The standard InChI is InChI=1S/C16H17BrClN3/c1-2-19-15-12-5-3-4-6-14(12)20-16(21-15)11-8-7-10(17)9-13(11)18/h7-9H,2-6H2,1H3,(H,19,20,21). The molecule has 1 heterocycles. The number of hydrogen-bond acceptors (Lipinski definition) is 3. The van der Waals surface area contributed by atoms with Crippen LogP contribution in [-0.2, 0) is 12.8 Å². The van der Waals surface area contributed by atoms with Gasteiger partial charge in [0.2, 0.25) is 0 Å². The number of aromatic nitrogens is 2. The van der Waals surface area contributed by atoms with Crippen LogP contribution in [0.25, 0.3) is 11.4 Å². The monoisotopic (exact) mass is 365 g/mol. The van der Waals surface area contributed by atoms with E-state index < -0.39 is 0 Å². The largest absolute Gasteiger partial charge is 0.370 e. The molecule has 1 aliphatic carbocycles. The average Bonchev–Trinajstić information content (AvgIpc) is 2.47. The van der Waals surface area contributed by atoms with E-state index in [4.69, 9.17) is 21.6 Å². The maximum Gasteiger partial charge on any atom is 0.163 e. The van der Waals surface area contributed by atoms with Crippen LogP contribution in [0.1, 0.15) is 31.0 Å². The Hall–Kier alpha value is -1.13. The molecular formula is C16H17BrClN3. The van der Waals surface area contributed by atoms with Gasteiger partial charge in [0.1, 0.15) is 5.82 Å². The van der Waals surface area contributed by atoms with Crippen molar-refractivity contribution in [2.45, 2.75) is 32.6 Å². The molecule has 0 atom stereocenters. The molecule has 21 heavy (non-hydrogen) atoms. The van der Waals surface area contributed by atoms with Gasteiger partial charge in [-0.1, -0.05) is 27.5 Å². The Labute approximate surface area is 138 Å². The Morgan fingerprint density at radius 2 is 2.05 bits per heavy atom. The Morgan fingerprint density at radius 3 is 2.81 bits per heavy atom. The highest BCUT2D eigenvalue weighted by atomic mass is 79.9. The molecule has 1 N–H and O–H groups in total. The first-order valence-corrected chi connectivity index (χ1v) is 8.45. The van der Waals surface area contributed by atoms with Gasteiger partial charge in [0.25, 0.3) is 0 Å². The highest BCUT2D eigenvalue weighted by Crippen LogP contribution is 2.32. The summed E-state index contributed by atoms with van der Waals surface area (Å²) < 4.78 is 0.959. The maximum absolute atomic E-state index is 6.35. The zero-order valence-corrected chi connectivity index (χ0v) is 14.3. The normalized spacial score (nSPS) is 13.9. The summed E-state index contributed by atoms with van der Waals surface area (Å²) in [5.74, 6) is 1.68. The zero-order chi connectivity index (χ0) is 14.8. The van der Waals surface area contributed by atoms with E-state index >= 15 is 0 Å². The molecule has 0 saturated heterocycles. The van der Waals surface area contributed by atoms with Crippen LogP contribution in [0.2, 0.25) is 5.02 Å². The summed E-state index contributed by atoms with van der Waals surface area (Å²) >= 11 is 9.78. The summed E-state index contributed by atoms with van der Waals surface area (Å²) in [4.78, 5) is 9.48. The molecule has 0 unspecified atom stereocenters. The van der Waals surface area contributed by atoms with Crippen molar-refractivity contribution in [1.82, 2.24) is 9.97 Å². The fraction of sp³-hybridized carbons (Fsp3) is 0.375. The zero-order valence-electron chi connectivity index (χ0n) is 11.9. The van der Waals surface area contributed by atoms with Crippen LogP contribution in [0, 0.1) is 0 Å². The van der Waals surface area contributed by atoms with Crippen LogP contribution < -0.4 is 5.32 Å². The van der Waals surface area contributed by atoms with E-state index in [1.165, 1.54) is 24.1 Å². The van der Waals surface area contributed by atoms with Gasteiger partial charge in [0.05, 0.1) is 5.02 Å². The number of benzene rings is 1. The number of aryl methyl sites for hydroxylation is 1. The van der Waals surface area contributed by atoms with Crippen LogP contribution in [0.15, 0.2) is 22.7 Å². The van der Waals surface area contributed by atoms with Crippen molar-refractivity contribution in [3.05, 3.63) is 39.0 Å². The SMILES string of the molecule is CCNc1nc(-c2ccc(Br)cc2Cl)nc2c1CCCC2. The molecule has 0 amide bonds. The Morgan fingerprint density at radius 1 is 1.24 bits per heavy atom. The number of anilines is 1. The summed E-state index contributed by atoms with van der Waals surface area (Å²) in [6.45, 7) is 2.95. The number of fused-ring (bicyclic) bond motifs is 1. The lowest BCUT2D eigenvalue weighted by molar-refractivity contribution is 0.665. The lowest BCUT2D eigenvalue weighted by Gasteiger charge is -2.19. The third-order valence-corrected chi connectivity index (χ3v) is 4.51.